The Labute approximate surface area is 162 Å². The van der Waals surface area contributed by atoms with Crippen LogP contribution in [0.15, 0.2) is 18.2 Å². The van der Waals surface area contributed by atoms with Crippen molar-refractivity contribution < 1.29 is 18.3 Å². The maximum atomic E-state index is 13.6. The fraction of sp³-hybridized carbons (Fsp3) is 0.739. The van der Waals surface area contributed by atoms with Crippen molar-refractivity contribution in [1.29, 1.82) is 0 Å². The third-order valence-electron chi connectivity index (χ3n) is 6.80. The molecule has 0 radical (unpaired) electrons. The standard InChI is InChI=1S/C23H34F2O2/c1-3-8-18(9-4-2)23(12-6-5-7-13-23)19-15-26-22(27-16-19)17-10-11-20(24)21(25)14-17/h10-11,14,18-19,22H,3-9,12-13,15-16H2,1-2H3. The zero-order chi connectivity index (χ0) is 19.3. The minimum Gasteiger partial charge on any atom is -0.348 e. The van der Waals surface area contributed by atoms with Gasteiger partial charge in [-0.1, -0.05) is 64.9 Å². The van der Waals surface area contributed by atoms with Crippen LogP contribution in [0.1, 0.15) is 83.5 Å². The summed E-state index contributed by atoms with van der Waals surface area (Å²) in [6, 6.07) is 3.88. The average molecular weight is 381 g/mol. The van der Waals surface area contributed by atoms with Gasteiger partial charge in [0.2, 0.25) is 0 Å². The zero-order valence-electron chi connectivity index (χ0n) is 16.8. The first-order valence-corrected chi connectivity index (χ1v) is 10.8. The lowest BCUT2D eigenvalue weighted by molar-refractivity contribution is -0.233. The molecule has 2 nitrogen and oxygen atoms in total. The molecule has 3 rings (SSSR count). The topological polar surface area (TPSA) is 18.5 Å². The van der Waals surface area contributed by atoms with E-state index < -0.39 is 17.9 Å². The average Bonchev–Trinajstić information content (AvgIpc) is 2.70. The minimum atomic E-state index is -0.850. The van der Waals surface area contributed by atoms with E-state index >= 15 is 0 Å². The van der Waals surface area contributed by atoms with Gasteiger partial charge in [0.1, 0.15) is 0 Å². The molecule has 0 atom stereocenters. The van der Waals surface area contributed by atoms with Crippen LogP contribution in [0.4, 0.5) is 8.78 Å². The number of hydrogen-bond acceptors (Lipinski definition) is 2. The van der Waals surface area contributed by atoms with Gasteiger partial charge < -0.3 is 9.47 Å². The van der Waals surface area contributed by atoms with Crippen LogP contribution in [0, 0.1) is 28.9 Å². The van der Waals surface area contributed by atoms with Crippen LogP contribution in [0.25, 0.3) is 0 Å². The molecule has 1 saturated heterocycles. The molecule has 27 heavy (non-hydrogen) atoms. The summed E-state index contributed by atoms with van der Waals surface area (Å²) in [5.74, 6) is -0.570. The van der Waals surface area contributed by atoms with Crippen LogP contribution in [0.2, 0.25) is 0 Å². The monoisotopic (exact) mass is 380 g/mol. The number of halogens is 2. The van der Waals surface area contributed by atoms with Crippen LogP contribution >= 0.6 is 0 Å². The highest BCUT2D eigenvalue weighted by molar-refractivity contribution is 5.19. The van der Waals surface area contributed by atoms with Gasteiger partial charge in [-0.05, 0) is 36.3 Å². The smallest absolute Gasteiger partial charge is 0.183 e. The highest BCUT2D eigenvalue weighted by Gasteiger charge is 2.46. The van der Waals surface area contributed by atoms with E-state index in [0.29, 0.717) is 30.1 Å². The van der Waals surface area contributed by atoms with Crippen LogP contribution in [-0.2, 0) is 9.47 Å². The quantitative estimate of drug-likeness (QED) is 0.518. The first-order chi connectivity index (χ1) is 13.1. The van der Waals surface area contributed by atoms with E-state index in [2.05, 4.69) is 13.8 Å². The van der Waals surface area contributed by atoms with Crippen molar-refractivity contribution in [3.8, 4) is 0 Å². The molecule has 2 fully saturated rings. The summed E-state index contributed by atoms with van der Waals surface area (Å²) in [4.78, 5) is 0. The molecule has 1 heterocycles. The molecule has 152 valence electrons. The Morgan fingerprint density at radius 1 is 0.963 bits per heavy atom. The van der Waals surface area contributed by atoms with E-state index in [1.165, 1.54) is 63.9 Å². The molecule has 0 unspecified atom stereocenters. The number of ether oxygens (including phenoxy) is 2. The van der Waals surface area contributed by atoms with Gasteiger partial charge in [-0.15, -0.1) is 0 Å². The Morgan fingerprint density at radius 3 is 2.15 bits per heavy atom. The van der Waals surface area contributed by atoms with E-state index in [4.69, 9.17) is 9.47 Å². The summed E-state index contributed by atoms with van der Waals surface area (Å²) < 4.78 is 38.8. The van der Waals surface area contributed by atoms with Gasteiger partial charge in [-0.2, -0.15) is 0 Å². The SMILES string of the molecule is CCCC(CCC)C1(C2COC(c3ccc(F)c(F)c3)OC2)CCCCC1. The van der Waals surface area contributed by atoms with Crippen LogP contribution in [-0.4, -0.2) is 13.2 Å². The second-order valence-electron chi connectivity index (χ2n) is 8.44. The lowest BCUT2D eigenvalue weighted by atomic mass is 9.57. The van der Waals surface area contributed by atoms with Gasteiger partial charge in [0, 0.05) is 11.5 Å². The van der Waals surface area contributed by atoms with Crippen molar-refractivity contribution in [3.05, 3.63) is 35.4 Å². The van der Waals surface area contributed by atoms with Gasteiger partial charge in [0.15, 0.2) is 17.9 Å². The van der Waals surface area contributed by atoms with Gasteiger partial charge >= 0.3 is 0 Å². The van der Waals surface area contributed by atoms with Crippen molar-refractivity contribution in [2.24, 2.45) is 17.3 Å². The van der Waals surface area contributed by atoms with Crippen molar-refractivity contribution in [2.45, 2.75) is 77.9 Å². The molecule has 1 aromatic rings. The lowest BCUT2D eigenvalue weighted by Gasteiger charge is -2.51. The van der Waals surface area contributed by atoms with Crippen molar-refractivity contribution >= 4 is 0 Å². The highest BCUT2D eigenvalue weighted by atomic mass is 19.2. The molecular weight excluding hydrogens is 346 g/mol. The van der Waals surface area contributed by atoms with Gasteiger partial charge in [-0.3, -0.25) is 0 Å². The second-order valence-corrected chi connectivity index (χ2v) is 8.44. The third-order valence-corrected chi connectivity index (χ3v) is 6.80. The number of benzene rings is 1. The summed E-state index contributed by atoms with van der Waals surface area (Å²) in [5, 5.41) is 0. The Kier molecular flexibility index (Phi) is 7.27. The normalized spacial score (nSPS) is 25.7. The first kappa shape index (κ1) is 20.7. The molecule has 1 saturated carbocycles. The van der Waals surface area contributed by atoms with Crippen LogP contribution in [0.5, 0.6) is 0 Å². The fourth-order valence-electron chi connectivity index (χ4n) is 5.46. The maximum absolute atomic E-state index is 13.6. The van der Waals surface area contributed by atoms with E-state index in [1.54, 1.807) is 6.07 Å². The Bertz CT molecular complexity index is 584. The van der Waals surface area contributed by atoms with Crippen molar-refractivity contribution in [2.75, 3.05) is 13.2 Å². The zero-order valence-corrected chi connectivity index (χ0v) is 16.8. The van der Waals surface area contributed by atoms with E-state index in [9.17, 15) is 8.78 Å². The molecule has 1 aliphatic heterocycles. The van der Waals surface area contributed by atoms with Gasteiger partial charge in [0.25, 0.3) is 0 Å². The van der Waals surface area contributed by atoms with Crippen LogP contribution in [0.3, 0.4) is 0 Å². The molecule has 2 aliphatic rings. The Balaban J connectivity index is 1.73. The predicted molar refractivity (Wildman–Crippen MR) is 103 cm³/mol. The highest BCUT2D eigenvalue weighted by Crippen LogP contribution is 2.53. The summed E-state index contributed by atoms with van der Waals surface area (Å²) in [5.41, 5.74) is 0.868. The lowest BCUT2D eigenvalue weighted by Crippen LogP contribution is -2.46. The van der Waals surface area contributed by atoms with Crippen molar-refractivity contribution in [1.82, 2.24) is 0 Å². The molecule has 0 N–H and O–H groups in total. The number of rotatable bonds is 7. The molecule has 1 aliphatic carbocycles. The summed E-state index contributed by atoms with van der Waals surface area (Å²) in [7, 11) is 0. The van der Waals surface area contributed by atoms with Crippen LogP contribution < -0.4 is 0 Å². The minimum absolute atomic E-state index is 0.309. The molecule has 0 spiro atoms. The van der Waals surface area contributed by atoms with E-state index in [1.807, 2.05) is 0 Å². The van der Waals surface area contributed by atoms with E-state index in [-0.39, 0.29) is 0 Å². The summed E-state index contributed by atoms with van der Waals surface area (Å²) in [6.07, 6.45) is 10.9. The maximum Gasteiger partial charge on any atom is 0.183 e. The van der Waals surface area contributed by atoms with Crippen molar-refractivity contribution in [3.63, 3.8) is 0 Å². The molecule has 0 amide bonds. The predicted octanol–water partition coefficient (Wildman–Crippen LogP) is 6.79. The third kappa shape index (κ3) is 4.54. The van der Waals surface area contributed by atoms with E-state index in [0.717, 1.165) is 12.0 Å². The van der Waals surface area contributed by atoms with Gasteiger partial charge in [0.05, 0.1) is 13.2 Å². The fourth-order valence-corrected chi connectivity index (χ4v) is 5.46. The molecule has 0 aromatic heterocycles. The largest absolute Gasteiger partial charge is 0.348 e. The summed E-state index contributed by atoms with van der Waals surface area (Å²) >= 11 is 0. The molecule has 4 heteroatoms. The molecular formula is C23H34F2O2. The molecule has 1 aromatic carbocycles. The van der Waals surface area contributed by atoms with Gasteiger partial charge in [-0.25, -0.2) is 8.78 Å². The second kappa shape index (κ2) is 9.47. The Morgan fingerprint density at radius 2 is 1.59 bits per heavy atom. The Hall–Kier alpha value is -1.00. The molecule has 0 bridgehead atoms. The first-order valence-electron chi connectivity index (χ1n) is 10.8. The number of hydrogen-bond donors (Lipinski definition) is 0. The summed E-state index contributed by atoms with van der Waals surface area (Å²) in [6.45, 7) is 5.86.